The highest BCUT2D eigenvalue weighted by molar-refractivity contribution is 5.67. The summed E-state index contributed by atoms with van der Waals surface area (Å²) in [6, 6.07) is 10.9. The second-order valence-corrected chi connectivity index (χ2v) is 7.91. The van der Waals surface area contributed by atoms with Crippen LogP contribution in [-0.4, -0.2) is 28.1 Å². The predicted octanol–water partition coefficient (Wildman–Crippen LogP) is 4.32. The van der Waals surface area contributed by atoms with Gasteiger partial charge in [-0.05, 0) is 49.9 Å². The van der Waals surface area contributed by atoms with Gasteiger partial charge in [-0.25, -0.2) is 4.39 Å². The molecule has 2 aromatic carbocycles. The van der Waals surface area contributed by atoms with Gasteiger partial charge in [0.05, 0.1) is 0 Å². The first-order valence-electron chi connectivity index (χ1n) is 9.22. The number of rotatable bonds is 5. The minimum atomic E-state index is -0.785. The van der Waals surface area contributed by atoms with Crippen LogP contribution in [0, 0.1) is 12.7 Å². The third kappa shape index (κ3) is 5.07. The summed E-state index contributed by atoms with van der Waals surface area (Å²) in [6.45, 7) is 8.21. The number of carbonyl (C=O) groups is 1. The van der Waals surface area contributed by atoms with E-state index in [1.54, 1.807) is 6.07 Å². The van der Waals surface area contributed by atoms with Gasteiger partial charge in [-0.1, -0.05) is 24.3 Å². The van der Waals surface area contributed by atoms with Crippen molar-refractivity contribution >= 4 is 5.97 Å². The van der Waals surface area contributed by atoms with E-state index in [-0.39, 0.29) is 12.2 Å². The summed E-state index contributed by atoms with van der Waals surface area (Å²) in [5.41, 5.74) is 3.93. The summed E-state index contributed by atoms with van der Waals surface area (Å²) in [5, 5.41) is 8.91. The van der Waals surface area contributed by atoms with E-state index in [9.17, 15) is 9.18 Å². The lowest BCUT2D eigenvalue weighted by molar-refractivity contribution is -0.136. The molecule has 1 N–H and O–H groups in total. The predicted molar refractivity (Wildman–Crippen MR) is 102 cm³/mol. The summed E-state index contributed by atoms with van der Waals surface area (Å²) in [6.07, 6.45) is 0.658. The van der Waals surface area contributed by atoms with Crippen LogP contribution in [0.25, 0.3) is 0 Å². The highest BCUT2D eigenvalue weighted by Crippen LogP contribution is 2.31. The van der Waals surface area contributed by atoms with Crippen molar-refractivity contribution in [1.82, 2.24) is 4.90 Å². The third-order valence-corrected chi connectivity index (χ3v) is 4.85. The SMILES string of the molecule is Cc1ccc(CCC(=O)O)cc1CN1Cc2ccc(F)cc2OC(C)(C)C1. The number of hydrogen-bond donors (Lipinski definition) is 1. The number of halogens is 1. The van der Waals surface area contributed by atoms with Crippen molar-refractivity contribution < 1.29 is 19.0 Å². The fourth-order valence-corrected chi connectivity index (χ4v) is 3.57. The molecule has 4 nitrogen and oxygen atoms in total. The lowest BCUT2D eigenvalue weighted by atomic mass is 10.0. The Balaban J connectivity index is 1.83. The second kappa shape index (κ2) is 7.69. The number of aliphatic carboxylic acids is 1. The number of carboxylic acid groups (broad SMARTS) is 1. The average Bonchev–Trinajstić information content (AvgIpc) is 2.69. The Labute approximate surface area is 159 Å². The molecular formula is C22H26FNO3. The lowest BCUT2D eigenvalue weighted by Crippen LogP contribution is -2.40. The van der Waals surface area contributed by atoms with E-state index in [2.05, 4.69) is 24.0 Å². The standard InChI is InChI=1S/C22H26FNO3/c1-15-4-5-16(6-9-21(25)26)10-18(15)13-24-12-17-7-8-19(23)11-20(17)27-22(2,3)14-24/h4-5,7-8,10-11H,6,9,12-14H2,1-3H3,(H,25,26). The zero-order valence-electron chi connectivity index (χ0n) is 16.1. The molecule has 0 aromatic heterocycles. The van der Waals surface area contributed by atoms with Gasteiger partial charge in [0.15, 0.2) is 0 Å². The average molecular weight is 371 g/mol. The number of fused-ring (bicyclic) bond motifs is 1. The zero-order chi connectivity index (χ0) is 19.6. The molecule has 1 aliphatic rings. The van der Waals surface area contributed by atoms with Crippen molar-refractivity contribution in [2.45, 2.75) is 52.3 Å². The number of carboxylic acids is 1. The van der Waals surface area contributed by atoms with Crippen molar-refractivity contribution in [3.63, 3.8) is 0 Å². The molecule has 1 aliphatic heterocycles. The first-order valence-corrected chi connectivity index (χ1v) is 9.22. The summed E-state index contributed by atoms with van der Waals surface area (Å²) in [7, 11) is 0. The van der Waals surface area contributed by atoms with E-state index in [1.807, 2.05) is 19.9 Å². The van der Waals surface area contributed by atoms with Crippen molar-refractivity contribution in [3.8, 4) is 5.75 Å². The van der Waals surface area contributed by atoms with Gasteiger partial charge in [0.1, 0.15) is 17.2 Å². The number of benzene rings is 2. The monoisotopic (exact) mass is 371 g/mol. The van der Waals surface area contributed by atoms with E-state index in [0.29, 0.717) is 25.3 Å². The minimum Gasteiger partial charge on any atom is -0.486 e. The largest absolute Gasteiger partial charge is 0.486 e. The van der Waals surface area contributed by atoms with Gasteiger partial charge in [0.2, 0.25) is 0 Å². The van der Waals surface area contributed by atoms with Crippen LogP contribution in [0.5, 0.6) is 5.75 Å². The summed E-state index contributed by atoms with van der Waals surface area (Å²) < 4.78 is 19.7. The maximum atomic E-state index is 13.6. The summed E-state index contributed by atoms with van der Waals surface area (Å²) >= 11 is 0. The highest BCUT2D eigenvalue weighted by Gasteiger charge is 2.29. The molecule has 0 radical (unpaired) electrons. The molecular weight excluding hydrogens is 345 g/mol. The molecule has 0 saturated heterocycles. The quantitative estimate of drug-likeness (QED) is 0.850. The first-order chi connectivity index (χ1) is 12.7. The van der Waals surface area contributed by atoms with Crippen molar-refractivity contribution in [2.24, 2.45) is 0 Å². The van der Waals surface area contributed by atoms with Gasteiger partial charge in [0.25, 0.3) is 0 Å². The molecule has 0 saturated carbocycles. The Kier molecular flexibility index (Phi) is 5.51. The second-order valence-electron chi connectivity index (χ2n) is 7.91. The van der Waals surface area contributed by atoms with Crippen molar-refractivity contribution in [3.05, 3.63) is 64.5 Å². The normalized spacial score (nSPS) is 16.3. The van der Waals surface area contributed by atoms with E-state index in [1.165, 1.54) is 23.3 Å². The fourth-order valence-electron chi connectivity index (χ4n) is 3.57. The van der Waals surface area contributed by atoms with Gasteiger partial charge in [-0.2, -0.15) is 0 Å². The van der Waals surface area contributed by atoms with Crippen LogP contribution in [0.2, 0.25) is 0 Å². The number of aryl methyl sites for hydroxylation is 2. The summed E-state index contributed by atoms with van der Waals surface area (Å²) in [5.74, 6) is -0.471. The third-order valence-electron chi connectivity index (χ3n) is 4.85. The van der Waals surface area contributed by atoms with Crippen LogP contribution in [0.1, 0.15) is 42.5 Å². The van der Waals surface area contributed by atoms with Crippen LogP contribution in [0.15, 0.2) is 36.4 Å². The molecule has 0 amide bonds. The van der Waals surface area contributed by atoms with Crippen molar-refractivity contribution in [2.75, 3.05) is 6.54 Å². The van der Waals surface area contributed by atoms with Crippen LogP contribution in [0.4, 0.5) is 4.39 Å². The van der Waals surface area contributed by atoms with Crippen LogP contribution < -0.4 is 4.74 Å². The maximum absolute atomic E-state index is 13.6. The van der Waals surface area contributed by atoms with Crippen molar-refractivity contribution in [1.29, 1.82) is 0 Å². The molecule has 144 valence electrons. The molecule has 27 heavy (non-hydrogen) atoms. The van der Waals surface area contributed by atoms with Crippen LogP contribution >= 0.6 is 0 Å². The first kappa shape index (κ1) is 19.4. The molecule has 0 aliphatic carbocycles. The van der Waals surface area contributed by atoms with E-state index in [4.69, 9.17) is 9.84 Å². The lowest BCUT2D eigenvalue weighted by Gasteiger charge is -2.30. The minimum absolute atomic E-state index is 0.131. The van der Waals surface area contributed by atoms with Gasteiger partial charge in [-0.15, -0.1) is 0 Å². The topological polar surface area (TPSA) is 49.8 Å². The van der Waals surface area contributed by atoms with Gasteiger partial charge >= 0.3 is 5.97 Å². The van der Waals surface area contributed by atoms with Gasteiger partial charge in [0, 0.05) is 37.7 Å². The number of nitrogens with zero attached hydrogens (tertiary/aromatic N) is 1. The van der Waals surface area contributed by atoms with Crippen LogP contribution in [0.3, 0.4) is 0 Å². The highest BCUT2D eigenvalue weighted by atomic mass is 19.1. The van der Waals surface area contributed by atoms with E-state index >= 15 is 0 Å². The van der Waals surface area contributed by atoms with E-state index < -0.39 is 11.6 Å². The van der Waals surface area contributed by atoms with Gasteiger partial charge < -0.3 is 9.84 Å². The Hall–Kier alpha value is -2.40. The van der Waals surface area contributed by atoms with Crippen LogP contribution in [-0.2, 0) is 24.3 Å². The molecule has 0 unspecified atom stereocenters. The molecule has 0 atom stereocenters. The van der Waals surface area contributed by atoms with Gasteiger partial charge in [-0.3, -0.25) is 9.69 Å². The molecule has 3 rings (SSSR count). The van der Waals surface area contributed by atoms with E-state index in [0.717, 1.165) is 17.7 Å². The zero-order valence-corrected chi connectivity index (χ0v) is 16.1. The summed E-state index contributed by atoms with van der Waals surface area (Å²) in [4.78, 5) is 13.1. The molecule has 1 heterocycles. The Morgan fingerprint density at radius 1 is 1.26 bits per heavy atom. The maximum Gasteiger partial charge on any atom is 0.303 e. The molecule has 2 aromatic rings. The Morgan fingerprint density at radius 3 is 2.78 bits per heavy atom. The molecule has 5 heteroatoms. The smallest absolute Gasteiger partial charge is 0.303 e. The Morgan fingerprint density at radius 2 is 2.04 bits per heavy atom. The molecule has 0 bridgehead atoms. The molecule has 0 spiro atoms. The number of ether oxygens (including phenoxy) is 1. The molecule has 0 fully saturated rings. The fraction of sp³-hybridized carbons (Fsp3) is 0.409. The number of hydrogen-bond acceptors (Lipinski definition) is 3. The Bertz CT molecular complexity index is 847.